The highest BCUT2D eigenvalue weighted by molar-refractivity contribution is 6.31. The molecule has 15 heavy (non-hydrogen) atoms. The zero-order valence-electron chi connectivity index (χ0n) is 9.39. The Labute approximate surface area is 95.8 Å². The Morgan fingerprint density at radius 1 is 1.53 bits per heavy atom. The Morgan fingerprint density at radius 3 is 2.80 bits per heavy atom. The van der Waals surface area contributed by atoms with Crippen molar-refractivity contribution in [3.8, 4) is 0 Å². The van der Waals surface area contributed by atoms with E-state index in [1.165, 1.54) is 12.8 Å². The lowest BCUT2D eigenvalue weighted by Crippen LogP contribution is -2.18. The monoisotopic (exact) mass is 227 g/mol. The molecule has 3 nitrogen and oxygen atoms in total. The molecular weight excluding hydrogens is 210 g/mol. The van der Waals surface area contributed by atoms with Crippen molar-refractivity contribution in [2.75, 3.05) is 6.54 Å². The van der Waals surface area contributed by atoms with E-state index in [0.717, 1.165) is 41.8 Å². The lowest BCUT2D eigenvalue weighted by molar-refractivity contribution is 0.597. The summed E-state index contributed by atoms with van der Waals surface area (Å²) in [6.07, 6.45) is 3.66. The van der Waals surface area contributed by atoms with E-state index in [1.54, 1.807) is 0 Å². The normalized spacial score (nSPS) is 15.9. The van der Waals surface area contributed by atoms with Crippen LogP contribution in [0.4, 0.5) is 0 Å². The molecule has 0 bridgehead atoms. The number of nitrogens with one attached hydrogen (secondary N) is 1. The van der Waals surface area contributed by atoms with Crippen LogP contribution in [0, 0.1) is 5.92 Å². The second-order valence-electron chi connectivity index (χ2n) is 4.26. The van der Waals surface area contributed by atoms with Gasteiger partial charge in [0.2, 0.25) is 0 Å². The molecule has 4 heteroatoms. The largest absolute Gasteiger partial charge is 0.311 e. The average Bonchev–Trinajstić information content (AvgIpc) is 2.99. The zero-order valence-corrected chi connectivity index (χ0v) is 10.1. The number of hydrogen-bond donors (Lipinski definition) is 1. The maximum Gasteiger partial charge on any atom is 0.0863 e. The molecule has 1 aromatic rings. The number of hydrogen-bond acceptors (Lipinski definition) is 2. The molecule has 84 valence electrons. The quantitative estimate of drug-likeness (QED) is 0.836. The lowest BCUT2D eigenvalue weighted by Gasteiger charge is -2.04. The molecule has 2 rings (SSSR count). The fourth-order valence-electron chi connectivity index (χ4n) is 1.73. The van der Waals surface area contributed by atoms with Crippen LogP contribution in [0.5, 0.6) is 0 Å². The minimum Gasteiger partial charge on any atom is -0.311 e. The standard InChI is InChI=1S/C11H18ClN3/c1-3-9-11(12)10(15(2)14-9)7-13-6-8-4-5-8/h8,13H,3-7H2,1-2H3. The Kier molecular flexibility index (Phi) is 3.32. The van der Waals surface area contributed by atoms with Crippen molar-refractivity contribution in [3.05, 3.63) is 16.4 Å². The van der Waals surface area contributed by atoms with Crippen molar-refractivity contribution in [2.45, 2.75) is 32.7 Å². The molecule has 0 aliphatic heterocycles. The molecule has 0 spiro atoms. The summed E-state index contributed by atoms with van der Waals surface area (Å²) in [6.45, 7) is 4.03. The Bertz CT molecular complexity index is 342. The van der Waals surface area contributed by atoms with E-state index in [4.69, 9.17) is 11.6 Å². The van der Waals surface area contributed by atoms with Crippen LogP contribution >= 0.6 is 11.6 Å². The molecule has 0 aromatic carbocycles. The number of aromatic nitrogens is 2. The van der Waals surface area contributed by atoms with E-state index in [-0.39, 0.29) is 0 Å². The smallest absolute Gasteiger partial charge is 0.0863 e. The predicted molar refractivity (Wildman–Crippen MR) is 62.0 cm³/mol. The predicted octanol–water partition coefficient (Wildman–Crippen LogP) is 2.14. The number of halogens is 1. The number of nitrogens with zero attached hydrogens (tertiary/aromatic N) is 2. The maximum absolute atomic E-state index is 6.24. The fourth-order valence-corrected chi connectivity index (χ4v) is 2.09. The summed E-state index contributed by atoms with van der Waals surface area (Å²) >= 11 is 6.24. The molecule has 1 aliphatic rings. The highest BCUT2D eigenvalue weighted by Crippen LogP contribution is 2.28. The van der Waals surface area contributed by atoms with Crippen LogP contribution in [0.3, 0.4) is 0 Å². The first kappa shape index (κ1) is 11.0. The summed E-state index contributed by atoms with van der Waals surface area (Å²) in [6, 6.07) is 0. The van der Waals surface area contributed by atoms with Gasteiger partial charge in [0, 0.05) is 13.6 Å². The summed E-state index contributed by atoms with van der Waals surface area (Å²) < 4.78 is 1.89. The van der Waals surface area contributed by atoms with E-state index in [0.29, 0.717) is 0 Å². The van der Waals surface area contributed by atoms with Gasteiger partial charge in [-0.2, -0.15) is 5.10 Å². The SMILES string of the molecule is CCc1nn(C)c(CNCC2CC2)c1Cl. The van der Waals surface area contributed by atoms with Gasteiger partial charge in [0.25, 0.3) is 0 Å². The third-order valence-corrected chi connectivity index (χ3v) is 3.36. The van der Waals surface area contributed by atoms with Crippen molar-refractivity contribution in [2.24, 2.45) is 13.0 Å². The van der Waals surface area contributed by atoms with Gasteiger partial charge in [0.1, 0.15) is 0 Å². The first-order valence-electron chi connectivity index (χ1n) is 5.63. The van der Waals surface area contributed by atoms with Crippen LogP contribution in [0.25, 0.3) is 0 Å². The second kappa shape index (κ2) is 4.54. The van der Waals surface area contributed by atoms with E-state index < -0.39 is 0 Å². The van der Waals surface area contributed by atoms with Gasteiger partial charge in [-0.05, 0) is 31.7 Å². The first-order valence-corrected chi connectivity index (χ1v) is 6.01. The molecule has 1 aromatic heterocycles. The van der Waals surface area contributed by atoms with Gasteiger partial charge in [-0.25, -0.2) is 0 Å². The fraction of sp³-hybridized carbons (Fsp3) is 0.727. The first-order chi connectivity index (χ1) is 7.22. The summed E-state index contributed by atoms with van der Waals surface area (Å²) in [5.41, 5.74) is 2.11. The third-order valence-electron chi connectivity index (χ3n) is 2.93. The topological polar surface area (TPSA) is 29.9 Å². The van der Waals surface area contributed by atoms with Gasteiger partial charge in [-0.3, -0.25) is 4.68 Å². The van der Waals surface area contributed by atoms with E-state index >= 15 is 0 Å². The molecule has 0 saturated heterocycles. The molecule has 1 saturated carbocycles. The van der Waals surface area contributed by atoms with E-state index in [2.05, 4.69) is 17.3 Å². The summed E-state index contributed by atoms with van der Waals surface area (Å²) in [5.74, 6) is 0.905. The molecule has 1 N–H and O–H groups in total. The van der Waals surface area contributed by atoms with Crippen LogP contribution in [0.15, 0.2) is 0 Å². The molecule has 1 fully saturated rings. The van der Waals surface area contributed by atoms with Crippen LogP contribution in [-0.4, -0.2) is 16.3 Å². The van der Waals surface area contributed by atoms with Gasteiger partial charge >= 0.3 is 0 Å². The molecule has 1 aliphatic carbocycles. The highest BCUT2D eigenvalue weighted by atomic mass is 35.5. The third kappa shape index (κ3) is 2.52. The minimum atomic E-state index is 0.832. The number of aryl methyl sites for hydroxylation is 2. The average molecular weight is 228 g/mol. The molecule has 0 atom stereocenters. The summed E-state index contributed by atoms with van der Waals surface area (Å²) in [7, 11) is 1.96. The van der Waals surface area contributed by atoms with Crippen LogP contribution < -0.4 is 5.32 Å². The highest BCUT2D eigenvalue weighted by Gasteiger charge is 2.21. The van der Waals surface area contributed by atoms with Gasteiger partial charge in [0.05, 0.1) is 16.4 Å². The molecule has 0 unspecified atom stereocenters. The lowest BCUT2D eigenvalue weighted by atomic mass is 10.3. The molecule has 0 amide bonds. The van der Waals surface area contributed by atoms with Crippen molar-refractivity contribution in [3.63, 3.8) is 0 Å². The van der Waals surface area contributed by atoms with Crippen LogP contribution in [0.2, 0.25) is 5.02 Å². The van der Waals surface area contributed by atoms with Crippen molar-refractivity contribution < 1.29 is 0 Å². The Hall–Kier alpha value is -0.540. The summed E-state index contributed by atoms with van der Waals surface area (Å²) in [4.78, 5) is 0. The maximum atomic E-state index is 6.24. The van der Waals surface area contributed by atoms with Gasteiger partial charge in [-0.15, -0.1) is 0 Å². The van der Waals surface area contributed by atoms with E-state index in [9.17, 15) is 0 Å². The van der Waals surface area contributed by atoms with E-state index in [1.807, 2.05) is 11.7 Å². The molecule has 0 radical (unpaired) electrons. The van der Waals surface area contributed by atoms with Gasteiger partial charge in [-0.1, -0.05) is 18.5 Å². The van der Waals surface area contributed by atoms with Gasteiger partial charge < -0.3 is 5.32 Å². The summed E-state index contributed by atoms with van der Waals surface area (Å²) in [5, 5.41) is 8.66. The minimum absolute atomic E-state index is 0.832. The Balaban J connectivity index is 1.95. The number of rotatable bonds is 5. The van der Waals surface area contributed by atoms with Crippen LogP contribution in [0.1, 0.15) is 31.2 Å². The zero-order chi connectivity index (χ0) is 10.8. The molecule has 1 heterocycles. The Morgan fingerprint density at radius 2 is 2.27 bits per heavy atom. The van der Waals surface area contributed by atoms with Crippen molar-refractivity contribution in [1.29, 1.82) is 0 Å². The van der Waals surface area contributed by atoms with Crippen LogP contribution in [-0.2, 0) is 20.0 Å². The van der Waals surface area contributed by atoms with Crippen molar-refractivity contribution in [1.82, 2.24) is 15.1 Å². The van der Waals surface area contributed by atoms with Crippen molar-refractivity contribution >= 4 is 11.6 Å². The van der Waals surface area contributed by atoms with Gasteiger partial charge in [0.15, 0.2) is 0 Å². The molecular formula is C11H18ClN3. The second-order valence-corrected chi connectivity index (χ2v) is 4.64.